The molecule has 0 atom stereocenters. The van der Waals surface area contributed by atoms with Crippen LogP contribution >= 0.6 is 0 Å². The van der Waals surface area contributed by atoms with Crippen molar-refractivity contribution in [2.75, 3.05) is 0 Å². The van der Waals surface area contributed by atoms with Gasteiger partial charge in [-0.05, 0) is 18.2 Å². The lowest BCUT2D eigenvalue weighted by molar-refractivity contribution is -0.384. The first-order valence-electron chi connectivity index (χ1n) is 5.49. The van der Waals surface area contributed by atoms with E-state index in [1.165, 1.54) is 0 Å². The summed E-state index contributed by atoms with van der Waals surface area (Å²) in [5, 5.41) is 13.9. The molecule has 22 heavy (non-hydrogen) atoms. The minimum atomic E-state index is -4.81. The van der Waals surface area contributed by atoms with Crippen LogP contribution in [0.4, 0.5) is 32.0 Å². The highest BCUT2D eigenvalue weighted by Crippen LogP contribution is 2.35. The number of nitro benzene ring substituents is 1. The molecule has 0 aliphatic heterocycles. The third-order valence-electron chi connectivity index (χ3n) is 2.63. The number of nitro groups is 1. The Kier molecular flexibility index (Phi) is 3.59. The molecule has 11 heteroatoms. The van der Waals surface area contributed by atoms with E-state index in [4.69, 9.17) is 0 Å². The van der Waals surface area contributed by atoms with Gasteiger partial charge in [0, 0.05) is 12.3 Å². The van der Waals surface area contributed by atoms with Crippen molar-refractivity contribution in [2.45, 2.75) is 12.4 Å². The summed E-state index contributed by atoms with van der Waals surface area (Å²) in [7, 11) is 0. The fourth-order valence-corrected chi connectivity index (χ4v) is 1.65. The van der Waals surface area contributed by atoms with Crippen molar-refractivity contribution >= 4 is 5.69 Å². The number of alkyl halides is 6. The molecule has 1 heterocycles. The van der Waals surface area contributed by atoms with Gasteiger partial charge in [-0.15, -0.1) is 0 Å². The summed E-state index contributed by atoms with van der Waals surface area (Å²) >= 11 is 0. The Morgan fingerprint density at radius 1 is 1.05 bits per heavy atom. The van der Waals surface area contributed by atoms with E-state index in [1.807, 2.05) is 0 Å². The van der Waals surface area contributed by atoms with Crippen LogP contribution in [0.2, 0.25) is 0 Å². The van der Waals surface area contributed by atoms with Crippen LogP contribution in [0.1, 0.15) is 11.3 Å². The second-order valence-electron chi connectivity index (χ2n) is 4.10. The fourth-order valence-electron chi connectivity index (χ4n) is 1.65. The highest BCUT2D eigenvalue weighted by molar-refractivity contribution is 5.54. The minimum absolute atomic E-state index is 0.240. The maximum Gasteiger partial charge on any atom is 0.435 e. The van der Waals surface area contributed by atoms with Crippen LogP contribution in [0.25, 0.3) is 5.69 Å². The van der Waals surface area contributed by atoms with E-state index in [-0.39, 0.29) is 6.07 Å². The Morgan fingerprint density at radius 2 is 1.68 bits per heavy atom. The van der Waals surface area contributed by atoms with Gasteiger partial charge in [-0.25, -0.2) is 4.68 Å². The smallest absolute Gasteiger partial charge is 0.258 e. The molecule has 0 amide bonds. The third-order valence-corrected chi connectivity index (χ3v) is 2.63. The van der Waals surface area contributed by atoms with Gasteiger partial charge in [0.15, 0.2) is 5.69 Å². The SMILES string of the molecule is O=[N+]([O-])c1cc(C(F)(F)F)ccc1-n1ccc(C(F)(F)F)n1. The number of aromatic nitrogens is 2. The lowest BCUT2D eigenvalue weighted by atomic mass is 10.1. The molecule has 0 aliphatic rings. The summed E-state index contributed by atoms with van der Waals surface area (Å²) in [5.74, 6) is 0. The summed E-state index contributed by atoms with van der Waals surface area (Å²) in [6, 6.07) is 2.01. The summed E-state index contributed by atoms with van der Waals surface area (Å²) in [6.45, 7) is 0. The van der Waals surface area contributed by atoms with Gasteiger partial charge < -0.3 is 0 Å². The number of nitrogens with zero attached hydrogens (tertiary/aromatic N) is 3. The molecule has 2 aromatic rings. The lowest BCUT2D eigenvalue weighted by Gasteiger charge is -2.09. The average molecular weight is 325 g/mol. The van der Waals surface area contributed by atoms with Crippen molar-refractivity contribution < 1.29 is 31.3 Å². The number of hydrogen-bond donors (Lipinski definition) is 0. The van der Waals surface area contributed by atoms with Crippen molar-refractivity contribution in [3.63, 3.8) is 0 Å². The molecular weight excluding hydrogens is 320 g/mol. The molecule has 1 aromatic carbocycles. The van der Waals surface area contributed by atoms with Crippen LogP contribution < -0.4 is 0 Å². The van der Waals surface area contributed by atoms with Crippen LogP contribution in [-0.4, -0.2) is 14.7 Å². The molecule has 1 aromatic heterocycles. The van der Waals surface area contributed by atoms with Gasteiger partial charge in [0.1, 0.15) is 5.69 Å². The lowest BCUT2D eigenvalue weighted by Crippen LogP contribution is -2.10. The van der Waals surface area contributed by atoms with Crippen LogP contribution in [0.15, 0.2) is 30.5 Å². The van der Waals surface area contributed by atoms with E-state index in [1.54, 1.807) is 0 Å². The Morgan fingerprint density at radius 3 is 2.14 bits per heavy atom. The molecule has 0 saturated carbocycles. The van der Waals surface area contributed by atoms with Crippen molar-refractivity contribution in [1.29, 1.82) is 0 Å². The van der Waals surface area contributed by atoms with E-state index < -0.39 is 39.9 Å². The summed E-state index contributed by atoms with van der Waals surface area (Å²) in [6.07, 6.45) is -8.81. The second-order valence-corrected chi connectivity index (χ2v) is 4.10. The van der Waals surface area contributed by atoms with Crippen molar-refractivity contribution in [3.8, 4) is 5.69 Å². The van der Waals surface area contributed by atoms with E-state index in [2.05, 4.69) is 5.10 Å². The monoisotopic (exact) mass is 325 g/mol. The van der Waals surface area contributed by atoms with E-state index in [0.29, 0.717) is 22.9 Å². The van der Waals surface area contributed by atoms with Crippen LogP contribution in [0.5, 0.6) is 0 Å². The van der Waals surface area contributed by atoms with E-state index in [9.17, 15) is 36.5 Å². The molecule has 0 saturated heterocycles. The van der Waals surface area contributed by atoms with Gasteiger partial charge in [0.05, 0.1) is 10.5 Å². The largest absolute Gasteiger partial charge is 0.435 e. The zero-order valence-electron chi connectivity index (χ0n) is 10.3. The van der Waals surface area contributed by atoms with Crippen molar-refractivity contribution in [3.05, 3.63) is 51.8 Å². The van der Waals surface area contributed by atoms with Gasteiger partial charge in [-0.1, -0.05) is 0 Å². The minimum Gasteiger partial charge on any atom is -0.258 e. The third kappa shape index (κ3) is 3.02. The highest BCUT2D eigenvalue weighted by Gasteiger charge is 2.35. The fraction of sp³-hybridized carbons (Fsp3) is 0.182. The predicted octanol–water partition coefficient (Wildman–Crippen LogP) is 3.82. The van der Waals surface area contributed by atoms with Crippen LogP contribution in [-0.2, 0) is 12.4 Å². The second kappa shape index (κ2) is 5.00. The quantitative estimate of drug-likeness (QED) is 0.479. The van der Waals surface area contributed by atoms with E-state index >= 15 is 0 Å². The van der Waals surface area contributed by atoms with Crippen molar-refractivity contribution in [2.24, 2.45) is 0 Å². The molecule has 0 bridgehead atoms. The van der Waals surface area contributed by atoms with Gasteiger partial charge in [0.25, 0.3) is 5.69 Å². The molecule has 0 aliphatic carbocycles. The van der Waals surface area contributed by atoms with E-state index in [0.717, 1.165) is 6.20 Å². The first kappa shape index (κ1) is 15.8. The summed E-state index contributed by atoms with van der Waals surface area (Å²) < 4.78 is 75.4. The molecule has 5 nitrogen and oxygen atoms in total. The van der Waals surface area contributed by atoms with Crippen LogP contribution in [0, 0.1) is 10.1 Å². The average Bonchev–Trinajstić information content (AvgIpc) is 2.86. The first-order valence-corrected chi connectivity index (χ1v) is 5.49. The highest BCUT2D eigenvalue weighted by atomic mass is 19.4. The Hall–Kier alpha value is -2.59. The Labute approximate surface area is 117 Å². The molecular formula is C11H5F6N3O2. The normalized spacial score (nSPS) is 12.5. The summed E-state index contributed by atoms with van der Waals surface area (Å²) in [5.41, 5.74) is -4.12. The number of halogens is 6. The molecule has 2 rings (SSSR count). The molecule has 0 unspecified atom stereocenters. The zero-order valence-corrected chi connectivity index (χ0v) is 10.3. The Bertz CT molecular complexity index is 719. The molecule has 0 N–H and O–H groups in total. The van der Waals surface area contributed by atoms with Gasteiger partial charge in [-0.2, -0.15) is 31.4 Å². The maximum atomic E-state index is 12.5. The number of benzene rings is 1. The number of rotatable bonds is 2. The molecule has 0 fully saturated rings. The zero-order chi connectivity index (χ0) is 16.7. The first-order chi connectivity index (χ1) is 10.00. The van der Waals surface area contributed by atoms with Crippen LogP contribution in [0.3, 0.4) is 0 Å². The molecule has 118 valence electrons. The standard InChI is InChI=1S/C11H5F6N3O2/c12-10(13,14)6-1-2-7(8(5-6)20(21)22)19-4-3-9(18-19)11(15,16)17/h1-5H. The van der Waals surface area contributed by atoms with Crippen molar-refractivity contribution in [1.82, 2.24) is 9.78 Å². The maximum absolute atomic E-state index is 12.5. The molecule has 0 spiro atoms. The topological polar surface area (TPSA) is 61.0 Å². The van der Waals surface area contributed by atoms with Gasteiger partial charge in [0.2, 0.25) is 0 Å². The predicted molar refractivity (Wildman–Crippen MR) is 60.2 cm³/mol. The molecule has 0 radical (unpaired) electrons. The summed E-state index contributed by atoms with van der Waals surface area (Å²) in [4.78, 5) is 9.73. The van der Waals surface area contributed by atoms with Gasteiger partial charge >= 0.3 is 12.4 Å². The number of hydrogen-bond acceptors (Lipinski definition) is 3. The van der Waals surface area contributed by atoms with Gasteiger partial charge in [-0.3, -0.25) is 10.1 Å². The Balaban J connectivity index is 2.56.